The largest absolute Gasteiger partial charge is 0.390 e. The molecule has 2 rings (SSSR count). The van der Waals surface area contributed by atoms with Crippen molar-refractivity contribution < 1.29 is 13.5 Å². The van der Waals surface area contributed by atoms with Crippen LogP contribution in [-0.2, 0) is 9.84 Å². The highest BCUT2D eigenvalue weighted by atomic mass is 32.2. The molecule has 0 spiro atoms. The molecule has 0 radical (unpaired) electrons. The van der Waals surface area contributed by atoms with Gasteiger partial charge in [-0.05, 0) is 0 Å². The second-order valence-electron chi connectivity index (χ2n) is 4.00. The molecule has 0 aromatic heterocycles. The number of piperazine rings is 1. The summed E-state index contributed by atoms with van der Waals surface area (Å²) in [7, 11) is -3.01. The van der Waals surface area contributed by atoms with Crippen LogP contribution in [0.25, 0.3) is 0 Å². The summed E-state index contributed by atoms with van der Waals surface area (Å²) >= 11 is 0. The summed E-state index contributed by atoms with van der Waals surface area (Å²) < 4.78 is 22.6. The highest BCUT2D eigenvalue weighted by Gasteiger charge is 2.39. The zero-order valence-electron chi connectivity index (χ0n) is 8.02. The van der Waals surface area contributed by atoms with E-state index in [2.05, 4.69) is 10.2 Å². The van der Waals surface area contributed by atoms with Crippen LogP contribution >= 0.6 is 0 Å². The number of aliphatic hydroxyl groups is 1. The first-order valence-electron chi connectivity index (χ1n) is 4.92. The van der Waals surface area contributed by atoms with Crippen molar-refractivity contribution in [1.82, 2.24) is 10.2 Å². The van der Waals surface area contributed by atoms with Crippen LogP contribution in [0.2, 0.25) is 0 Å². The van der Waals surface area contributed by atoms with Gasteiger partial charge in [0.15, 0.2) is 9.84 Å². The van der Waals surface area contributed by atoms with Gasteiger partial charge in [0.2, 0.25) is 0 Å². The molecule has 6 heteroatoms. The standard InChI is InChI=1S/C8H16N2O3S/c11-8-6-14(12,13)5-7(8)10-3-1-9-2-4-10/h7-9,11H,1-6H2/t7-,8+/m0/s1. The van der Waals surface area contributed by atoms with E-state index < -0.39 is 15.9 Å². The number of hydrogen-bond acceptors (Lipinski definition) is 5. The van der Waals surface area contributed by atoms with Crippen molar-refractivity contribution in [2.75, 3.05) is 37.7 Å². The lowest BCUT2D eigenvalue weighted by Crippen LogP contribution is -2.52. The van der Waals surface area contributed by atoms with Crippen molar-refractivity contribution in [3.8, 4) is 0 Å². The first kappa shape index (κ1) is 10.4. The number of hydrogen-bond donors (Lipinski definition) is 2. The Bertz CT molecular complexity index is 298. The van der Waals surface area contributed by atoms with Crippen LogP contribution in [0.5, 0.6) is 0 Å². The quantitative estimate of drug-likeness (QED) is 0.537. The van der Waals surface area contributed by atoms with E-state index in [1.54, 1.807) is 0 Å². The average molecular weight is 220 g/mol. The Kier molecular flexibility index (Phi) is 2.79. The maximum absolute atomic E-state index is 11.3. The molecule has 82 valence electrons. The molecule has 2 fully saturated rings. The van der Waals surface area contributed by atoms with E-state index in [9.17, 15) is 13.5 Å². The van der Waals surface area contributed by atoms with Crippen molar-refractivity contribution in [3.05, 3.63) is 0 Å². The highest BCUT2D eigenvalue weighted by molar-refractivity contribution is 7.91. The zero-order chi connectivity index (χ0) is 10.2. The summed E-state index contributed by atoms with van der Waals surface area (Å²) in [4.78, 5) is 2.08. The van der Waals surface area contributed by atoms with Crippen LogP contribution in [-0.4, -0.2) is 68.3 Å². The highest BCUT2D eigenvalue weighted by Crippen LogP contribution is 2.18. The minimum absolute atomic E-state index is 0.0679. The lowest BCUT2D eigenvalue weighted by atomic mass is 10.1. The van der Waals surface area contributed by atoms with Crippen LogP contribution in [0.3, 0.4) is 0 Å². The van der Waals surface area contributed by atoms with E-state index in [0.29, 0.717) is 0 Å². The summed E-state index contributed by atoms with van der Waals surface area (Å²) in [5.74, 6) is 0.0514. The Labute approximate surface area is 84.0 Å². The van der Waals surface area contributed by atoms with Gasteiger partial charge in [-0.1, -0.05) is 0 Å². The normalized spacial score (nSPS) is 38.6. The van der Waals surface area contributed by atoms with E-state index in [1.807, 2.05) is 0 Å². The summed E-state index contributed by atoms with van der Waals surface area (Å²) in [6.07, 6.45) is -0.696. The van der Waals surface area contributed by atoms with Crippen LogP contribution < -0.4 is 5.32 Å². The van der Waals surface area contributed by atoms with Gasteiger partial charge in [-0.15, -0.1) is 0 Å². The molecule has 0 aromatic rings. The van der Waals surface area contributed by atoms with Gasteiger partial charge in [0, 0.05) is 26.2 Å². The summed E-state index contributed by atoms with van der Waals surface area (Å²) in [6, 6.07) is -0.179. The van der Waals surface area contributed by atoms with Gasteiger partial charge in [0.1, 0.15) is 0 Å². The molecule has 0 amide bonds. The number of nitrogens with zero attached hydrogens (tertiary/aromatic N) is 1. The molecule has 2 saturated heterocycles. The van der Waals surface area contributed by atoms with Crippen molar-refractivity contribution in [2.24, 2.45) is 0 Å². The molecular weight excluding hydrogens is 204 g/mol. The Balaban J connectivity index is 2.04. The van der Waals surface area contributed by atoms with E-state index in [4.69, 9.17) is 0 Å². The topological polar surface area (TPSA) is 69.6 Å². The maximum Gasteiger partial charge on any atom is 0.154 e. The molecular formula is C8H16N2O3S. The van der Waals surface area contributed by atoms with Gasteiger partial charge in [0.05, 0.1) is 23.7 Å². The third-order valence-electron chi connectivity index (χ3n) is 2.91. The van der Waals surface area contributed by atoms with Crippen LogP contribution in [0.4, 0.5) is 0 Å². The van der Waals surface area contributed by atoms with Crippen LogP contribution in [0.1, 0.15) is 0 Å². The fourth-order valence-corrected chi connectivity index (χ4v) is 4.00. The van der Waals surface area contributed by atoms with Crippen molar-refractivity contribution in [3.63, 3.8) is 0 Å². The molecule has 2 atom stereocenters. The SMILES string of the molecule is O=S1(=O)C[C@@H](O)[C@@H](N2CCNCC2)C1. The number of aliphatic hydroxyl groups excluding tert-OH is 1. The van der Waals surface area contributed by atoms with E-state index in [0.717, 1.165) is 26.2 Å². The van der Waals surface area contributed by atoms with Gasteiger partial charge >= 0.3 is 0 Å². The smallest absolute Gasteiger partial charge is 0.154 e. The molecule has 0 aliphatic carbocycles. The van der Waals surface area contributed by atoms with Gasteiger partial charge in [-0.2, -0.15) is 0 Å². The van der Waals surface area contributed by atoms with Gasteiger partial charge in [-0.25, -0.2) is 8.42 Å². The van der Waals surface area contributed by atoms with Crippen LogP contribution in [0.15, 0.2) is 0 Å². The van der Waals surface area contributed by atoms with Gasteiger partial charge in [0.25, 0.3) is 0 Å². The number of nitrogens with one attached hydrogen (secondary N) is 1. The third kappa shape index (κ3) is 2.08. The Morgan fingerprint density at radius 3 is 2.36 bits per heavy atom. The fourth-order valence-electron chi connectivity index (χ4n) is 2.17. The first-order valence-corrected chi connectivity index (χ1v) is 6.74. The predicted octanol–water partition coefficient (Wildman–Crippen LogP) is -1.95. The van der Waals surface area contributed by atoms with E-state index >= 15 is 0 Å². The molecule has 2 heterocycles. The molecule has 5 nitrogen and oxygen atoms in total. The third-order valence-corrected chi connectivity index (χ3v) is 4.61. The lowest BCUT2D eigenvalue weighted by Gasteiger charge is -2.33. The van der Waals surface area contributed by atoms with Gasteiger partial charge in [-0.3, -0.25) is 4.90 Å². The zero-order valence-corrected chi connectivity index (χ0v) is 8.83. The lowest BCUT2D eigenvalue weighted by molar-refractivity contribution is 0.0751. The molecule has 2 aliphatic rings. The van der Waals surface area contributed by atoms with Crippen molar-refractivity contribution in [2.45, 2.75) is 12.1 Å². The van der Waals surface area contributed by atoms with Gasteiger partial charge < -0.3 is 10.4 Å². The van der Waals surface area contributed by atoms with Crippen molar-refractivity contribution in [1.29, 1.82) is 0 Å². The number of rotatable bonds is 1. The first-order chi connectivity index (χ1) is 6.58. The molecule has 14 heavy (non-hydrogen) atoms. The summed E-state index contributed by atoms with van der Waals surface area (Å²) in [5.41, 5.74) is 0. The molecule has 2 N–H and O–H groups in total. The molecule has 2 aliphatic heterocycles. The van der Waals surface area contributed by atoms with Crippen LogP contribution in [0, 0.1) is 0 Å². The summed E-state index contributed by atoms with van der Waals surface area (Å²) in [5, 5.41) is 12.8. The second kappa shape index (κ2) is 3.77. The fraction of sp³-hybridized carbons (Fsp3) is 1.00. The Morgan fingerprint density at radius 2 is 1.86 bits per heavy atom. The number of sulfone groups is 1. The average Bonchev–Trinajstić information content (AvgIpc) is 2.41. The maximum atomic E-state index is 11.3. The Morgan fingerprint density at radius 1 is 1.21 bits per heavy atom. The van der Waals surface area contributed by atoms with E-state index in [1.165, 1.54) is 0 Å². The Hall–Kier alpha value is -0.170. The van der Waals surface area contributed by atoms with E-state index in [-0.39, 0.29) is 17.5 Å². The molecule has 0 saturated carbocycles. The minimum Gasteiger partial charge on any atom is -0.390 e. The second-order valence-corrected chi connectivity index (χ2v) is 6.15. The predicted molar refractivity (Wildman–Crippen MR) is 52.9 cm³/mol. The summed E-state index contributed by atoms with van der Waals surface area (Å²) in [6.45, 7) is 3.42. The monoisotopic (exact) mass is 220 g/mol. The van der Waals surface area contributed by atoms with Crippen molar-refractivity contribution >= 4 is 9.84 Å². The molecule has 0 aromatic carbocycles. The molecule has 0 bridgehead atoms. The minimum atomic E-state index is -3.01. The molecule has 0 unspecified atom stereocenters.